The highest BCUT2D eigenvalue weighted by atomic mass is 16.5. The van der Waals surface area contributed by atoms with E-state index in [1.807, 2.05) is 0 Å². The lowest BCUT2D eigenvalue weighted by molar-refractivity contribution is -0.144. The molecule has 0 aliphatic carbocycles. The lowest BCUT2D eigenvalue weighted by Crippen LogP contribution is -2.27. The number of likely N-dealkylation sites (N-methyl/N-ethyl adjacent to an activating group) is 1. The molecular weight excluding hydrogens is 731 g/mol. The van der Waals surface area contributed by atoms with Crippen molar-refractivity contribution >= 4 is 17.8 Å². The first-order valence-electron chi connectivity index (χ1n) is 24.6. The van der Waals surface area contributed by atoms with Crippen LogP contribution in [-0.4, -0.2) is 92.1 Å². The van der Waals surface area contributed by atoms with Gasteiger partial charge in [0.05, 0.1) is 6.61 Å². The third-order valence-corrected chi connectivity index (χ3v) is 10.5. The van der Waals surface area contributed by atoms with Crippen LogP contribution in [0.5, 0.6) is 0 Å². The minimum absolute atomic E-state index is 0.0168. The number of aliphatic hydroxyl groups is 2. The van der Waals surface area contributed by atoms with Crippen molar-refractivity contribution in [2.45, 2.75) is 233 Å². The van der Waals surface area contributed by atoms with Crippen LogP contribution in [0.4, 0.5) is 0 Å². The van der Waals surface area contributed by atoms with Gasteiger partial charge in [-0.05, 0) is 25.9 Å². The molecule has 0 aromatic carbocycles. The molecule has 0 fully saturated rings. The standard InChI is InChI=1S/C24H49NO2.C22H45NO3.C2H5NO2/c1-4-7-8-9-10-11-12-13-14-15-16-17-18-19-20-21-24(26)27-23-22-25(5-2)6-3;1-2-3-4-5-6-7-8-9-10-11-12-13-14-15-16-17-22(25)26-21-19-23-18-20-24;3-2(5)1-4/h4-23H2,1-3H3;23-24H,2-21H2,1H3;4H,1H2,(H2,3,5). The number of hydrogen-bond acceptors (Lipinski definition) is 9. The van der Waals surface area contributed by atoms with Gasteiger partial charge in [0.15, 0.2) is 0 Å². The number of carbonyl (C=O) groups excluding carboxylic acids is 3. The Morgan fingerprint density at radius 3 is 1.03 bits per heavy atom. The van der Waals surface area contributed by atoms with Crippen LogP contribution in [0.3, 0.4) is 0 Å². The molecule has 0 aromatic heterocycles. The van der Waals surface area contributed by atoms with Crippen LogP contribution in [0.2, 0.25) is 0 Å². The number of unbranched alkanes of at least 4 members (excludes halogenated alkanes) is 28. The predicted octanol–water partition coefficient (Wildman–Crippen LogP) is 11.0. The molecule has 0 unspecified atom stereocenters. The van der Waals surface area contributed by atoms with E-state index in [1.165, 1.54) is 173 Å². The first-order chi connectivity index (χ1) is 28.3. The zero-order valence-electron chi connectivity index (χ0n) is 39.0. The molecule has 0 saturated carbocycles. The average Bonchev–Trinajstić information content (AvgIpc) is 3.22. The van der Waals surface area contributed by atoms with Gasteiger partial charge in [0.2, 0.25) is 5.91 Å². The molecule has 0 heterocycles. The molecule has 0 rings (SSSR count). The second kappa shape index (κ2) is 55.2. The molecule has 0 aromatic rings. The topological polar surface area (TPSA) is 151 Å². The van der Waals surface area contributed by atoms with E-state index in [-0.39, 0.29) is 18.5 Å². The van der Waals surface area contributed by atoms with Crippen LogP contribution in [0.1, 0.15) is 233 Å². The zero-order valence-corrected chi connectivity index (χ0v) is 39.0. The normalized spacial score (nSPS) is 10.8. The SMILES string of the molecule is CCCCCCCCCCCCCCCCCC(=O)OCCN(CC)CC.CCCCCCCCCCCCCCCCCC(=O)OCCNCCO.NC(=O)CO. The van der Waals surface area contributed by atoms with Crippen LogP contribution in [0.15, 0.2) is 0 Å². The van der Waals surface area contributed by atoms with E-state index in [1.54, 1.807) is 0 Å². The summed E-state index contributed by atoms with van der Waals surface area (Å²) < 4.78 is 10.4. The number of aliphatic hydroxyl groups excluding tert-OH is 2. The molecule has 1 amide bonds. The van der Waals surface area contributed by atoms with Crippen LogP contribution >= 0.6 is 0 Å². The number of nitrogens with two attached hydrogens (primary N) is 1. The molecule has 348 valence electrons. The number of primary amides is 1. The first-order valence-corrected chi connectivity index (χ1v) is 24.6. The summed E-state index contributed by atoms with van der Waals surface area (Å²) in [7, 11) is 0. The van der Waals surface area contributed by atoms with Crippen molar-refractivity contribution in [1.29, 1.82) is 0 Å². The third-order valence-electron chi connectivity index (χ3n) is 10.5. The Balaban J connectivity index is -0.000000932. The van der Waals surface area contributed by atoms with Crippen molar-refractivity contribution in [2.75, 3.05) is 59.2 Å². The molecule has 58 heavy (non-hydrogen) atoms. The largest absolute Gasteiger partial charge is 0.464 e. The zero-order chi connectivity index (χ0) is 43.4. The summed E-state index contributed by atoms with van der Waals surface area (Å²) in [6, 6.07) is 0. The van der Waals surface area contributed by atoms with Gasteiger partial charge >= 0.3 is 11.9 Å². The smallest absolute Gasteiger partial charge is 0.305 e. The number of esters is 2. The molecule has 0 spiro atoms. The van der Waals surface area contributed by atoms with Crippen molar-refractivity contribution in [1.82, 2.24) is 10.2 Å². The second-order valence-corrected chi connectivity index (χ2v) is 16.0. The minimum Gasteiger partial charge on any atom is -0.464 e. The van der Waals surface area contributed by atoms with Gasteiger partial charge in [0.25, 0.3) is 0 Å². The Kier molecular flexibility index (Phi) is 57.7. The highest BCUT2D eigenvalue weighted by Gasteiger charge is 2.05. The van der Waals surface area contributed by atoms with Gasteiger partial charge in [0.1, 0.15) is 19.8 Å². The number of hydrogen-bond donors (Lipinski definition) is 4. The summed E-state index contributed by atoms with van der Waals surface area (Å²) in [5.41, 5.74) is 4.40. The lowest BCUT2D eigenvalue weighted by Gasteiger charge is -2.17. The highest BCUT2D eigenvalue weighted by molar-refractivity contribution is 5.74. The van der Waals surface area contributed by atoms with E-state index >= 15 is 0 Å². The van der Waals surface area contributed by atoms with Gasteiger partial charge in [-0.25, -0.2) is 0 Å². The van der Waals surface area contributed by atoms with Crippen molar-refractivity contribution < 1.29 is 34.1 Å². The van der Waals surface area contributed by atoms with Crippen LogP contribution < -0.4 is 11.1 Å². The van der Waals surface area contributed by atoms with Crippen LogP contribution in [-0.2, 0) is 23.9 Å². The van der Waals surface area contributed by atoms with E-state index in [9.17, 15) is 14.4 Å². The van der Waals surface area contributed by atoms with Gasteiger partial charge in [-0.15, -0.1) is 0 Å². The molecule has 5 N–H and O–H groups in total. The van der Waals surface area contributed by atoms with E-state index in [2.05, 4.69) is 43.6 Å². The van der Waals surface area contributed by atoms with Crippen LogP contribution in [0.25, 0.3) is 0 Å². The molecule has 0 aliphatic heterocycles. The highest BCUT2D eigenvalue weighted by Crippen LogP contribution is 2.15. The Morgan fingerprint density at radius 2 is 0.759 bits per heavy atom. The van der Waals surface area contributed by atoms with Gasteiger partial charge in [-0.3, -0.25) is 14.4 Å². The summed E-state index contributed by atoms with van der Waals surface area (Å²) in [5.74, 6) is -0.799. The number of nitrogens with one attached hydrogen (secondary N) is 1. The van der Waals surface area contributed by atoms with Gasteiger partial charge in [-0.1, -0.05) is 207 Å². The van der Waals surface area contributed by atoms with E-state index < -0.39 is 12.5 Å². The fraction of sp³-hybridized carbons (Fsp3) is 0.938. The molecule has 0 bridgehead atoms. The molecule has 0 saturated heterocycles. The molecule has 0 aliphatic rings. The maximum Gasteiger partial charge on any atom is 0.305 e. The van der Waals surface area contributed by atoms with Gasteiger partial charge < -0.3 is 35.6 Å². The molecule has 0 radical (unpaired) electrons. The number of nitrogens with zero attached hydrogens (tertiary/aromatic N) is 1. The molecular formula is C48H99N3O7. The number of rotatable bonds is 43. The van der Waals surface area contributed by atoms with E-state index in [4.69, 9.17) is 19.7 Å². The fourth-order valence-electron chi connectivity index (χ4n) is 6.70. The predicted molar refractivity (Wildman–Crippen MR) is 245 cm³/mol. The lowest BCUT2D eigenvalue weighted by atomic mass is 10.0. The van der Waals surface area contributed by atoms with Crippen LogP contribution in [0, 0.1) is 0 Å². The van der Waals surface area contributed by atoms with Crippen molar-refractivity contribution in [3.05, 3.63) is 0 Å². The summed E-state index contributed by atoms with van der Waals surface area (Å²) in [6.45, 7) is 13.4. The second-order valence-electron chi connectivity index (χ2n) is 16.0. The first kappa shape index (κ1) is 60.6. The van der Waals surface area contributed by atoms with Crippen molar-refractivity contribution in [2.24, 2.45) is 5.73 Å². The fourth-order valence-corrected chi connectivity index (χ4v) is 6.70. The van der Waals surface area contributed by atoms with E-state index in [0.29, 0.717) is 39.1 Å². The maximum absolute atomic E-state index is 11.7. The number of amides is 1. The minimum atomic E-state index is -0.690. The molecule has 10 nitrogen and oxygen atoms in total. The Hall–Kier alpha value is -1.75. The maximum atomic E-state index is 11.7. The van der Waals surface area contributed by atoms with Crippen molar-refractivity contribution in [3.63, 3.8) is 0 Å². The Morgan fingerprint density at radius 1 is 0.466 bits per heavy atom. The quantitative estimate of drug-likeness (QED) is 0.0348. The summed E-state index contributed by atoms with van der Waals surface area (Å²) in [6.07, 6.45) is 41.5. The summed E-state index contributed by atoms with van der Waals surface area (Å²) in [5, 5.41) is 19.3. The number of carbonyl (C=O) groups is 3. The van der Waals surface area contributed by atoms with Gasteiger partial charge in [0, 0.05) is 32.5 Å². The van der Waals surface area contributed by atoms with Gasteiger partial charge in [-0.2, -0.15) is 0 Å². The third kappa shape index (κ3) is 58.6. The summed E-state index contributed by atoms with van der Waals surface area (Å²) in [4.78, 5) is 34.8. The monoisotopic (exact) mass is 830 g/mol. The van der Waals surface area contributed by atoms with E-state index in [0.717, 1.165) is 38.9 Å². The Bertz CT molecular complexity index is 814. The van der Waals surface area contributed by atoms with Crippen molar-refractivity contribution in [3.8, 4) is 0 Å². The summed E-state index contributed by atoms with van der Waals surface area (Å²) >= 11 is 0. The molecule has 10 heteroatoms. The number of ether oxygens (including phenoxy) is 2. The molecule has 0 atom stereocenters. The average molecular weight is 830 g/mol. The Labute approximate surface area is 359 Å².